The molecule has 0 aromatic heterocycles. The first kappa shape index (κ1) is 20.1. The van der Waals surface area contributed by atoms with Gasteiger partial charge in [0.15, 0.2) is 6.61 Å². The molecule has 0 atom stereocenters. The third-order valence-electron chi connectivity index (χ3n) is 5.01. The zero-order chi connectivity index (χ0) is 20.1. The Balaban J connectivity index is 1.67. The SMILES string of the molecule is COc1ccc(Cl)cc1NC(=O)COC(=O)C1(c2ccc(F)cc2)CCCC1. The van der Waals surface area contributed by atoms with E-state index < -0.39 is 23.9 Å². The molecule has 0 saturated heterocycles. The van der Waals surface area contributed by atoms with Gasteiger partial charge in [-0.3, -0.25) is 9.59 Å². The molecule has 7 heteroatoms. The molecule has 0 radical (unpaired) electrons. The average molecular weight is 406 g/mol. The number of halogens is 2. The maximum atomic E-state index is 13.3. The predicted octanol–water partition coefficient (Wildman–Crippen LogP) is 4.48. The van der Waals surface area contributed by atoms with E-state index in [1.165, 1.54) is 19.2 Å². The molecule has 1 amide bonds. The van der Waals surface area contributed by atoms with Crippen molar-refractivity contribution in [1.82, 2.24) is 0 Å². The predicted molar refractivity (Wildman–Crippen MR) is 104 cm³/mol. The van der Waals surface area contributed by atoms with Gasteiger partial charge in [0.05, 0.1) is 18.2 Å². The lowest BCUT2D eigenvalue weighted by Gasteiger charge is -2.27. The number of carbonyl (C=O) groups excluding carboxylic acids is 2. The molecule has 0 spiro atoms. The van der Waals surface area contributed by atoms with Gasteiger partial charge in [0.25, 0.3) is 5.91 Å². The van der Waals surface area contributed by atoms with E-state index in [0.29, 0.717) is 34.9 Å². The Kier molecular flexibility index (Phi) is 6.19. The monoisotopic (exact) mass is 405 g/mol. The van der Waals surface area contributed by atoms with Crippen LogP contribution in [0.1, 0.15) is 31.2 Å². The van der Waals surface area contributed by atoms with E-state index in [-0.39, 0.29) is 5.82 Å². The summed E-state index contributed by atoms with van der Waals surface area (Å²) >= 11 is 5.95. The molecule has 2 aromatic carbocycles. The highest BCUT2D eigenvalue weighted by Crippen LogP contribution is 2.42. The van der Waals surface area contributed by atoms with Gasteiger partial charge in [-0.15, -0.1) is 0 Å². The minimum atomic E-state index is -0.832. The van der Waals surface area contributed by atoms with Crippen LogP contribution in [0.4, 0.5) is 10.1 Å². The van der Waals surface area contributed by atoms with E-state index in [1.807, 2.05) is 0 Å². The van der Waals surface area contributed by atoms with Crippen molar-refractivity contribution >= 4 is 29.2 Å². The number of ether oxygens (including phenoxy) is 2. The number of rotatable bonds is 6. The summed E-state index contributed by atoms with van der Waals surface area (Å²) in [5, 5.41) is 3.07. The van der Waals surface area contributed by atoms with Gasteiger partial charge in [-0.05, 0) is 48.7 Å². The van der Waals surface area contributed by atoms with Crippen molar-refractivity contribution in [3.05, 3.63) is 58.9 Å². The molecule has 5 nitrogen and oxygen atoms in total. The molecule has 1 N–H and O–H groups in total. The van der Waals surface area contributed by atoms with E-state index in [2.05, 4.69) is 5.32 Å². The van der Waals surface area contributed by atoms with Gasteiger partial charge >= 0.3 is 5.97 Å². The number of hydrogen-bond acceptors (Lipinski definition) is 4. The van der Waals surface area contributed by atoms with Gasteiger partial charge in [-0.1, -0.05) is 36.6 Å². The molecular weight excluding hydrogens is 385 g/mol. The van der Waals surface area contributed by atoms with Crippen LogP contribution in [0.25, 0.3) is 0 Å². The second-order valence-corrected chi connectivity index (χ2v) is 7.20. The van der Waals surface area contributed by atoms with Crippen LogP contribution in [-0.4, -0.2) is 25.6 Å². The zero-order valence-electron chi connectivity index (χ0n) is 15.5. The summed E-state index contributed by atoms with van der Waals surface area (Å²) in [7, 11) is 1.48. The molecule has 1 aliphatic rings. The summed E-state index contributed by atoms with van der Waals surface area (Å²) in [6, 6.07) is 10.7. The van der Waals surface area contributed by atoms with E-state index in [9.17, 15) is 14.0 Å². The van der Waals surface area contributed by atoms with E-state index >= 15 is 0 Å². The number of amides is 1. The molecule has 28 heavy (non-hydrogen) atoms. The van der Waals surface area contributed by atoms with E-state index in [0.717, 1.165) is 12.8 Å². The molecule has 1 saturated carbocycles. The van der Waals surface area contributed by atoms with Gasteiger partial charge in [-0.2, -0.15) is 0 Å². The lowest BCUT2D eigenvalue weighted by Crippen LogP contribution is -2.36. The average Bonchev–Trinajstić information content (AvgIpc) is 3.18. The summed E-state index contributed by atoms with van der Waals surface area (Å²) < 4.78 is 23.8. The van der Waals surface area contributed by atoms with Crippen molar-refractivity contribution < 1.29 is 23.5 Å². The van der Waals surface area contributed by atoms with Crippen molar-refractivity contribution in [2.75, 3.05) is 19.0 Å². The van der Waals surface area contributed by atoms with Crippen molar-refractivity contribution in [1.29, 1.82) is 0 Å². The van der Waals surface area contributed by atoms with Gasteiger partial charge in [0.2, 0.25) is 0 Å². The van der Waals surface area contributed by atoms with Crippen LogP contribution in [-0.2, 0) is 19.7 Å². The van der Waals surface area contributed by atoms with Crippen LogP contribution < -0.4 is 10.1 Å². The molecule has 2 aromatic rings. The Bertz CT molecular complexity index is 863. The summed E-state index contributed by atoms with van der Waals surface area (Å²) in [4.78, 5) is 25.1. The standard InChI is InChI=1S/C21H21ClFNO4/c1-27-18-9-6-15(22)12-17(18)24-19(25)13-28-20(26)21(10-2-3-11-21)14-4-7-16(23)8-5-14/h4-9,12H,2-3,10-11,13H2,1H3,(H,24,25). The van der Waals surface area contributed by atoms with Crippen LogP contribution in [0.15, 0.2) is 42.5 Å². The molecule has 1 aliphatic carbocycles. The molecule has 148 valence electrons. The number of anilines is 1. The van der Waals surface area contributed by atoms with E-state index in [4.69, 9.17) is 21.1 Å². The quantitative estimate of drug-likeness (QED) is 0.719. The Hall–Kier alpha value is -2.60. The number of nitrogens with one attached hydrogen (secondary N) is 1. The third-order valence-corrected chi connectivity index (χ3v) is 5.25. The fraction of sp³-hybridized carbons (Fsp3) is 0.333. The lowest BCUT2D eigenvalue weighted by molar-refractivity contribution is -0.153. The van der Waals surface area contributed by atoms with Crippen LogP contribution in [0.2, 0.25) is 5.02 Å². The summed E-state index contributed by atoms with van der Waals surface area (Å²) in [6.45, 7) is -0.433. The highest BCUT2D eigenvalue weighted by Gasteiger charge is 2.44. The molecule has 0 aliphatic heterocycles. The van der Waals surface area contributed by atoms with Crippen molar-refractivity contribution in [3.8, 4) is 5.75 Å². The third kappa shape index (κ3) is 4.28. The number of methoxy groups -OCH3 is 1. The molecule has 0 bridgehead atoms. The molecule has 0 heterocycles. The second kappa shape index (κ2) is 8.61. The lowest BCUT2D eigenvalue weighted by atomic mass is 9.79. The Morgan fingerprint density at radius 3 is 2.46 bits per heavy atom. The highest BCUT2D eigenvalue weighted by atomic mass is 35.5. The largest absolute Gasteiger partial charge is 0.495 e. The van der Waals surface area contributed by atoms with Gasteiger partial charge in [0.1, 0.15) is 11.6 Å². The summed E-state index contributed by atoms with van der Waals surface area (Å²) in [6.07, 6.45) is 2.97. The zero-order valence-corrected chi connectivity index (χ0v) is 16.2. The first-order valence-electron chi connectivity index (χ1n) is 9.01. The van der Waals surface area contributed by atoms with Gasteiger partial charge in [-0.25, -0.2) is 4.39 Å². The van der Waals surface area contributed by atoms with Crippen LogP contribution in [0.3, 0.4) is 0 Å². The Labute approximate surface area is 167 Å². The first-order valence-corrected chi connectivity index (χ1v) is 9.39. The highest BCUT2D eigenvalue weighted by molar-refractivity contribution is 6.31. The van der Waals surface area contributed by atoms with Gasteiger partial charge in [0, 0.05) is 5.02 Å². The van der Waals surface area contributed by atoms with Crippen LogP contribution >= 0.6 is 11.6 Å². The maximum absolute atomic E-state index is 13.3. The van der Waals surface area contributed by atoms with Crippen molar-refractivity contribution in [2.24, 2.45) is 0 Å². The maximum Gasteiger partial charge on any atom is 0.317 e. The van der Waals surface area contributed by atoms with Crippen molar-refractivity contribution in [3.63, 3.8) is 0 Å². The number of esters is 1. The molecular formula is C21H21ClFNO4. The second-order valence-electron chi connectivity index (χ2n) is 6.77. The van der Waals surface area contributed by atoms with Crippen LogP contribution in [0.5, 0.6) is 5.75 Å². The fourth-order valence-electron chi connectivity index (χ4n) is 3.59. The van der Waals surface area contributed by atoms with E-state index in [1.54, 1.807) is 30.3 Å². The molecule has 3 rings (SSSR count). The smallest absolute Gasteiger partial charge is 0.317 e. The minimum absolute atomic E-state index is 0.361. The minimum Gasteiger partial charge on any atom is -0.495 e. The van der Waals surface area contributed by atoms with Crippen molar-refractivity contribution in [2.45, 2.75) is 31.1 Å². The molecule has 1 fully saturated rings. The Morgan fingerprint density at radius 2 is 1.82 bits per heavy atom. The van der Waals surface area contributed by atoms with Crippen LogP contribution in [0, 0.1) is 5.82 Å². The Morgan fingerprint density at radius 1 is 1.14 bits per heavy atom. The normalized spacial score (nSPS) is 15.1. The first-order chi connectivity index (χ1) is 13.4. The number of carbonyl (C=O) groups is 2. The topological polar surface area (TPSA) is 64.6 Å². The number of hydrogen-bond donors (Lipinski definition) is 1. The summed E-state index contributed by atoms with van der Waals surface area (Å²) in [5.41, 5.74) is 0.278. The fourth-order valence-corrected chi connectivity index (χ4v) is 3.76. The molecule has 0 unspecified atom stereocenters. The summed E-state index contributed by atoms with van der Waals surface area (Å²) in [5.74, 6) is -0.881. The number of benzene rings is 2. The van der Waals surface area contributed by atoms with Gasteiger partial charge < -0.3 is 14.8 Å².